The first-order valence-electron chi connectivity index (χ1n) is 8.07. The fourth-order valence-electron chi connectivity index (χ4n) is 3.00. The third-order valence-electron chi connectivity index (χ3n) is 4.27. The minimum atomic E-state index is 0.179. The predicted octanol–water partition coefficient (Wildman–Crippen LogP) is 0.557. The van der Waals surface area contributed by atoms with Gasteiger partial charge in [-0.15, -0.1) is 0 Å². The highest BCUT2D eigenvalue weighted by molar-refractivity contribution is 5.77. The maximum atomic E-state index is 11.7. The van der Waals surface area contributed by atoms with E-state index in [1.807, 2.05) is 0 Å². The molecule has 2 aliphatic heterocycles. The minimum Gasteiger partial charge on any atom is -0.379 e. The summed E-state index contributed by atoms with van der Waals surface area (Å²) in [7, 11) is 0. The summed E-state index contributed by atoms with van der Waals surface area (Å²) >= 11 is 0. The van der Waals surface area contributed by atoms with E-state index in [1.165, 1.54) is 19.4 Å². The van der Waals surface area contributed by atoms with Crippen molar-refractivity contribution in [3.8, 4) is 0 Å². The SMILES string of the molecule is CCCNC(=O)CN1CCC(CN2CCOCC2)CC1. The summed E-state index contributed by atoms with van der Waals surface area (Å²) in [5.41, 5.74) is 0. The number of likely N-dealkylation sites (tertiary alicyclic amines) is 1. The van der Waals surface area contributed by atoms with Gasteiger partial charge in [-0.3, -0.25) is 14.6 Å². The lowest BCUT2D eigenvalue weighted by Crippen LogP contribution is -2.45. The minimum absolute atomic E-state index is 0.179. The quantitative estimate of drug-likeness (QED) is 0.773. The van der Waals surface area contributed by atoms with Gasteiger partial charge < -0.3 is 10.1 Å². The average molecular weight is 283 g/mol. The van der Waals surface area contributed by atoms with Gasteiger partial charge in [-0.2, -0.15) is 0 Å². The van der Waals surface area contributed by atoms with Gasteiger partial charge in [-0.1, -0.05) is 6.92 Å². The van der Waals surface area contributed by atoms with Crippen molar-refractivity contribution in [2.75, 3.05) is 59.0 Å². The lowest BCUT2D eigenvalue weighted by molar-refractivity contribution is -0.122. The first-order chi connectivity index (χ1) is 9.78. The number of nitrogens with zero attached hydrogens (tertiary/aromatic N) is 2. The number of piperidine rings is 1. The average Bonchev–Trinajstić information content (AvgIpc) is 2.48. The summed E-state index contributed by atoms with van der Waals surface area (Å²) in [6.45, 7) is 10.7. The molecule has 2 fully saturated rings. The molecule has 5 heteroatoms. The van der Waals surface area contributed by atoms with Gasteiger partial charge in [0, 0.05) is 26.2 Å². The topological polar surface area (TPSA) is 44.8 Å². The highest BCUT2D eigenvalue weighted by Gasteiger charge is 2.23. The van der Waals surface area contributed by atoms with Gasteiger partial charge in [-0.25, -0.2) is 0 Å². The molecule has 20 heavy (non-hydrogen) atoms. The molecule has 2 saturated heterocycles. The second-order valence-electron chi connectivity index (χ2n) is 5.98. The fourth-order valence-corrected chi connectivity index (χ4v) is 3.00. The monoisotopic (exact) mass is 283 g/mol. The molecule has 2 aliphatic rings. The van der Waals surface area contributed by atoms with Crippen LogP contribution in [0.4, 0.5) is 0 Å². The number of rotatable bonds is 6. The first-order valence-corrected chi connectivity index (χ1v) is 8.07. The Balaban J connectivity index is 1.60. The Hall–Kier alpha value is -0.650. The fraction of sp³-hybridized carbons (Fsp3) is 0.933. The third-order valence-corrected chi connectivity index (χ3v) is 4.27. The third kappa shape index (κ3) is 5.38. The van der Waals surface area contributed by atoms with E-state index in [-0.39, 0.29) is 5.91 Å². The van der Waals surface area contributed by atoms with Crippen LogP contribution >= 0.6 is 0 Å². The van der Waals surface area contributed by atoms with E-state index < -0.39 is 0 Å². The van der Waals surface area contributed by atoms with E-state index in [9.17, 15) is 4.79 Å². The van der Waals surface area contributed by atoms with Crippen molar-refractivity contribution in [1.29, 1.82) is 0 Å². The van der Waals surface area contributed by atoms with Crippen LogP contribution < -0.4 is 5.32 Å². The van der Waals surface area contributed by atoms with E-state index in [4.69, 9.17) is 4.74 Å². The normalized spacial score (nSPS) is 22.9. The number of carbonyl (C=O) groups excluding carboxylic acids is 1. The number of hydrogen-bond acceptors (Lipinski definition) is 4. The number of amides is 1. The number of ether oxygens (including phenoxy) is 1. The van der Waals surface area contributed by atoms with Gasteiger partial charge in [0.1, 0.15) is 0 Å². The molecule has 0 aromatic heterocycles. The molecular formula is C15H29N3O2. The van der Waals surface area contributed by atoms with Gasteiger partial charge in [0.15, 0.2) is 0 Å². The molecule has 0 aromatic rings. The molecule has 0 aliphatic carbocycles. The summed E-state index contributed by atoms with van der Waals surface area (Å²) in [6.07, 6.45) is 3.45. The Bertz CT molecular complexity index is 285. The molecule has 0 unspecified atom stereocenters. The zero-order valence-electron chi connectivity index (χ0n) is 12.8. The second-order valence-corrected chi connectivity index (χ2v) is 5.98. The summed E-state index contributed by atoms with van der Waals surface area (Å²) in [4.78, 5) is 16.5. The molecule has 2 heterocycles. The first kappa shape index (κ1) is 15.7. The van der Waals surface area contributed by atoms with Crippen LogP contribution in [-0.4, -0.2) is 74.7 Å². The van der Waals surface area contributed by atoms with Gasteiger partial charge in [0.2, 0.25) is 5.91 Å². The molecule has 5 nitrogen and oxygen atoms in total. The van der Waals surface area contributed by atoms with Crippen LogP contribution in [0.15, 0.2) is 0 Å². The highest BCUT2D eigenvalue weighted by Crippen LogP contribution is 2.18. The number of carbonyl (C=O) groups is 1. The number of morpholine rings is 1. The standard InChI is InChI=1S/C15H29N3O2/c1-2-5-16-15(19)13-17-6-3-14(4-7-17)12-18-8-10-20-11-9-18/h14H,2-13H2,1H3,(H,16,19). The van der Waals surface area contributed by atoms with Crippen molar-refractivity contribution in [1.82, 2.24) is 15.1 Å². The maximum absolute atomic E-state index is 11.7. The van der Waals surface area contributed by atoms with E-state index in [0.29, 0.717) is 6.54 Å². The summed E-state index contributed by atoms with van der Waals surface area (Å²) in [5, 5.41) is 2.95. The van der Waals surface area contributed by atoms with Crippen LogP contribution in [0.5, 0.6) is 0 Å². The molecule has 0 bridgehead atoms. The van der Waals surface area contributed by atoms with Gasteiger partial charge in [0.05, 0.1) is 19.8 Å². The largest absolute Gasteiger partial charge is 0.379 e. The Morgan fingerprint density at radius 3 is 2.50 bits per heavy atom. The zero-order chi connectivity index (χ0) is 14.2. The lowest BCUT2D eigenvalue weighted by atomic mass is 9.96. The maximum Gasteiger partial charge on any atom is 0.234 e. The van der Waals surface area contributed by atoms with Gasteiger partial charge in [0.25, 0.3) is 0 Å². The molecule has 0 spiro atoms. The summed E-state index contributed by atoms with van der Waals surface area (Å²) < 4.78 is 5.39. The molecular weight excluding hydrogens is 254 g/mol. The van der Waals surface area contributed by atoms with Crippen molar-refractivity contribution in [3.05, 3.63) is 0 Å². The predicted molar refractivity (Wildman–Crippen MR) is 79.7 cm³/mol. The Morgan fingerprint density at radius 2 is 1.85 bits per heavy atom. The van der Waals surface area contributed by atoms with Gasteiger partial charge in [-0.05, 0) is 38.3 Å². The Morgan fingerprint density at radius 1 is 1.15 bits per heavy atom. The number of hydrogen-bond donors (Lipinski definition) is 1. The van der Waals surface area contributed by atoms with E-state index in [1.54, 1.807) is 0 Å². The van der Waals surface area contributed by atoms with Crippen LogP contribution in [0.2, 0.25) is 0 Å². The molecule has 0 aromatic carbocycles. The van der Waals surface area contributed by atoms with Crippen molar-refractivity contribution in [2.24, 2.45) is 5.92 Å². The van der Waals surface area contributed by atoms with Crippen LogP contribution in [0.3, 0.4) is 0 Å². The van der Waals surface area contributed by atoms with Crippen LogP contribution in [0, 0.1) is 5.92 Å². The van der Waals surface area contributed by atoms with Crippen LogP contribution in [0.25, 0.3) is 0 Å². The highest BCUT2D eigenvalue weighted by atomic mass is 16.5. The van der Waals surface area contributed by atoms with Crippen LogP contribution in [0.1, 0.15) is 26.2 Å². The number of nitrogens with one attached hydrogen (secondary N) is 1. The zero-order valence-corrected chi connectivity index (χ0v) is 12.8. The molecule has 2 rings (SSSR count). The van der Waals surface area contributed by atoms with E-state index in [2.05, 4.69) is 22.0 Å². The Labute approximate surface area is 122 Å². The summed E-state index contributed by atoms with van der Waals surface area (Å²) in [6, 6.07) is 0. The van der Waals surface area contributed by atoms with Crippen molar-refractivity contribution in [2.45, 2.75) is 26.2 Å². The summed E-state index contributed by atoms with van der Waals surface area (Å²) in [5.74, 6) is 0.974. The van der Waals surface area contributed by atoms with Crippen molar-refractivity contribution < 1.29 is 9.53 Å². The smallest absolute Gasteiger partial charge is 0.234 e. The molecule has 116 valence electrons. The second kappa shape index (κ2) is 8.60. The molecule has 0 radical (unpaired) electrons. The van der Waals surface area contributed by atoms with Gasteiger partial charge >= 0.3 is 0 Å². The van der Waals surface area contributed by atoms with Crippen molar-refractivity contribution in [3.63, 3.8) is 0 Å². The molecule has 0 saturated carbocycles. The van der Waals surface area contributed by atoms with Crippen molar-refractivity contribution >= 4 is 5.91 Å². The van der Waals surface area contributed by atoms with E-state index >= 15 is 0 Å². The van der Waals surface area contributed by atoms with E-state index in [0.717, 1.165) is 58.3 Å². The Kier molecular flexibility index (Phi) is 6.76. The lowest BCUT2D eigenvalue weighted by Gasteiger charge is -2.35. The molecule has 1 amide bonds. The molecule has 0 atom stereocenters. The molecule has 1 N–H and O–H groups in total. The van der Waals surface area contributed by atoms with Crippen LogP contribution in [-0.2, 0) is 9.53 Å².